The number of nitrogens with one attached hydrogen (secondary N) is 1. The van der Waals surface area contributed by atoms with Gasteiger partial charge in [0.25, 0.3) is 0 Å². The number of nitrogens with zero attached hydrogens (tertiary/aromatic N) is 4. The Bertz CT molecular complexity index is 439. The minimum atomic E-state index is 0.553. The predicted molar refractivity (Wildman–Crippen MR) is 81.7 cm³/mol. The molecule has 6 nitrogen and oxygen atoms in total. The van der Waals surface area contributed by atoms with Crippen molar-refractivity contribution in [3.05, 3.63) is 18.0 Å². The fourth-order valence-electron chi connectivity index (χ4n) is 2.71. The van der Waals surface area contributed by atoms with E-state index < -0.39 is 0 Å². The number of rotatable bonds is 6. The topological polar surface area (TPSA) is 71.5 Å². The van der Waals surface area contributed by atoms with Crippen LogP contribution in [0.25, 0.3) is 0 Å². The Morgan fingerprint density at radius 3 is 3.15 bits per heavy atom. The molecule has 0 aromatic carbocycles. The molecule has 0 bridgehead atoms. The van der Waals surface area contributed by atoms with Crippen molar-refractivity contribution in [1.82, 2.24) is 20.0 Å². The smallest absolute Gasteiger partial charge is 0.188 e. The fourth-order valence-corrected chi connectivity index (χ4v) is 2.71. The Morgan fingerprint density at radius 1 is 1.60 bits per heavy atom. The summed E-state index contributed by atoms with van der Waals surface area (Å²) in [5.74, 6) is 0.553. The molecule has 0 aliphatic carbocycles. The SMILES string of the molecule is CCN1CCCC1CN=C(N)NCCc1cnn(C)c1. The van der Waals surface area contributed by atoms with Gasteiger partial charge in [0.2, 0.25) is 0 Å². The number of hydrogen-bond donors (Lipinski definition) is 2. The highest BCUT2D eigenvalue weighted by molar-refractivity contribution is 5.77. The first-order chi connectivity index (χ1) is 9.69. The van der Waals surface area contributed by atoms with E-state index in [0.29, 0.717) is 12.0 Å². The van der Waals surface area contributed by atoms with E-state index in [-0.39, 0.29) is 0 Å². The van der Waals surface area contributed by atoms with E-state index in [2.05, 4.69) is 27.2 Å². The number of nitrogens with two attached hydrogens (primary N) is 1. The highest BCUT2D eigenvalue weighted by Crippen LogP contribution is 2.16. The average Bonchev–Trinajstić information content (AvgIpc) is 3.05. The van der Waals surface area contributed by atoms with Crippen LogP contribution >= 0.6 is 0 Å². The van der Waals surface area contributed by atoms with Crippen LogP contribution < -0.4 is 11.1 Å². The Hall–Kier alpha value is -1.56. The molecule has 112 valence electrons. The van der Waals surface area contributed by atoms with Gasteiger partial charge in [-0.1, -0.05) is 6.92 Å². The van der Waals surface area contributed by atoms with E-state index in [4.69, 9.17) is 5.73 Å². The number of likely N-dealkylation sites (tertiary alicyclic amines) is 1. The molecule has 6 heteroatoms. The predicted octanol–water partition coefficient (Wildman–Crippen LogP) is 0.351. The molecule has 0 amide bonds. The summed E-state index contributed by atoms with van der Waals surface area (Å²) >= 11 is 0. The third kappa shape index (κ3) is 4.23. The first kappa shape index (κ1) is 14.8. The van der Waals surface area contributed by atoms with Crippen LogP contribution in [0.2, 0.25) is 0 Å². The maximum absolute atomic E-state index is 5.91. The van der Waals surface area contributed by atoms with Gasteiger partial charge in [0.05, 0.1) is 12.7 Å². The maximum atomic E-state index is 5.91. The van der Waals surface area contributed by atoms with Crippen molar-refractivity contribution < 1.29 is 0 Å². The Morgan fingerprint density at radius 2 is 2.45 bits per heavy atom. The van der Waals surface area contributed by atoms with E-state index in [9.17, 15) is 0 Å². The molecule has 1 unspecified atom stereocenters. The zero-order valence-electron chi connectivity index (χ0n) is 12.5. The quantitative estimate of drug-likeness (QED) is 0.582. The molecule has 2 rings (SSSR count). The van der Waals surface area contributed by atoms with Gasteiger partial charge in [-0.15, -0.1) is 0 Å². The molecular formula is C14H26N6. The number of aliphatic imine (C=N–C) groups is 1. The number of aryl methyl sites for hydroxylation is 1. The molecule has 0 spiro atoms. The van der Waals surface area contributed by atoms with Crippen molar-refractivity contribution in [2.24, 2.45) is 17.8 Å². The lowest BCUT2D eigenvalue weighted by molar-refractivity contribution is 0.273. The number of aromatic nitrogens is 2. The van der Waals surface area contributed by atoms with Gasteiger partial charge < -0.3 is 11.1 Å². The number of hydrogen-bond acceptors (Lipinski definition) is 3. The number of guanidine groups is 1. The molecule has 1 aliphatic rings. The summed E-state index contributed by atoms with van der Waals surface area (Å²) in [6.07, 6.45) is 7.33. The summed E-state index contributed by atoms with van der Waals surface area (Å²) < 4.78 is 1.81. The normalized spacial score (nSPS) is 20.5. The van der Waals surface area contributed by atoms with Crippen LogP contribution in [0.15, 0.2) is 17.4 Å². The number of likely N-dealkylation sites (N-methyl/N-ethyl adjacent to an activating group) is 1. The largest absolute Gasteiger partial charge is 0.370 e. The van der Waals surface area contributed by atoms with Crippen molar-refractivity contribution in [2.45, 2.75) is 32.2 Å². The highest BCUT2D eigenvalue weighted by atomic mass is 15.2. The van der Waals surface area contributed by atoms with Crippen LogP contribution in [-0.2, 0) is 13.5 Å². The molecular weight excluding hydrogens is 252 g/mol. The van der Waals surface area contributed by atoms with Crippen LogP contribution in [0.1, 0.15) is 25.3 Å². The second-order valence-corrected chi connectivity index (χ2v) is 5.35. The first-order valence-corrected chi connectivity index (χ1v) is 7.44. The molecule has 2 heterocycles. The van der Waals surface area contributed by atoms with E-state index >= 15 is 0 Å². The fraction of sp³-hybridized carbons (Fsp3) is 0.714. The molecule has 1 atom stereocenters. The lowest BCUT2D eigenvalue weighted by Gasteiger charge is -2.20. The minimum Gasteiger partial charge on any atom is -0.370 e. The summed E-state index contributed by atoms with van der Waals surface area (Å²) in [5, 5.41) is 7.31. The Balaban J connectivity index is 1.68. The van der Waals surface area contributed by atoms with Gasteiger partial charge in [-0.05, 0) is 37.9 Å². The summed E-state index contributed by atoms with van der Waals surface area (Å²) in [5.41, 5.74) is 7.12. The summed E-state index contributed by atoms with van der Waals surface area (Å²) in [4.78, 5) is 6.94. The van der Waals surface area contributed by atoms with E-state index in [0.717, 1.165) is 26.1 Å². The van der Waals surface area contributed by atoms with Gasteiger partial charge in [0.1, 0.15) is 0 Å². The van der Waals surface area contributed by atoms with Crippen molar-refractivity contribution in [3.8, 4) is 0 Å². The minimum absolute atomic E-state index is 0.553. The van der Waals surface area contributed by atoms with Gasteiger partial charge in [-0.3, -0.25) is 14.6 Å². The molecule has 1 saturated heterocycles. The lowest BCUT2D eigenvalue weighted by Crippen LogP contribution is -2.36. The van der Waals surface area contributed by atoms with Crippen LogP contribution in [-0.4, -0.2) is 52.9 Å². The second-order valence-electron chi connectivity index (χ2n) is 5.35. The Labute approximate surface area is 121 Å². The molecule has 1 aliphatic heterocycles. The average molecular weight is 278 g/mol. The van der Waals surface area contributed by atoms with Crippen LogP contribution in [0.3, 0.4) is 0 Å². The molecule has 1 fully saturated rings. The molecule has 1 aromatic heterocycles. The van der Waals surface area contributed by atoms with Crippen LogP contribution in [0.5, 0.6) is 0 Å². The van der Waals surface area contributed by atoms with Crippen LogP contribution in [0.4, 0.5) is 0 Å². The monoisotopic (exact) mass is 278 g/mol. The van der Waals surface area contributed by atoms with Crippen molar-refractivity contribution >= 4 is 5.96 Å². The summed E-state index contributed by atoms with van der Waals surface area (Å²) in [6, 6.07) is 0.568. The zero-order valence-corrected chi connectivity index (χ0v) is 12.5. The lowest BCUT2D eigenvalue weighted by atomic mass is 10.2. The third-order valence-electron chi connectivity index (χ3n) is 3.86. The van der Waals surface area contributed by atoms with Crippen molar-refractivity contribution in [1.29, 1.82) is 0 Å². The summed E-state index contributed by atoms with van der Waals surface area (Å²) in [6.45, 7) is 6.11. The van der Waals surface area contributed by atoms with Gasteiger partial charge >= 0.3 is 0 Å². The maximum Gasteiger partial charge on any atom is 0.188 e. The molecule has 0 radical (unpaired) electrons. The third-order valence-corrected chi connectivity index (χ3v) is 3.86. The second kappa shape index (κ2) is 7.28. The van der Waals surface area contributed by atoms with Gasteiger partial charge in [-0.25, -0.2) is 0 Å². The first-order valence-electron chi connectivity index (χ1n) is 7.44. The molecule has 0 saturated carbocycles. The van der Waals surface area contributed by atoms with Crippen LogP contribution in [0, 0.1) is 0 Å². The molecule has 3 N–H and O–H groups in total. The molecule has 1 aromatic rings. The van der Waals surface area contributed by atoms with Crippen molar-refractivity contribution in [2.75, 3.05) is 26.2 Å². The van der Waals surface area contributed by atoms with Gasteiger partial charge in [0, 0.05) is 25.8 Å². The summed E-state index contributed by atoms with van der Waals surface area (Å²) in [7, 11) is 1.92. The van der Waals surface area contributed by atoms with E-state index in [1.54, 1.807) is 0 Å². The highest BCUT2D eigenvalue weighted by Gasteiger charge is 2.22. The van der Waals surface area contributed by atoms with Gasteiger partial charge in [-0.2, -0.15) is 5.10 Å². The van der Waals surface area contributed by atoms with Crippen molar-refractivity contribution in [3.63, 3.8) is 0 Å². The zero-order chi connectivity index (χ0) is 14.4. The van der Waals surface area contributed by atoms with Gasteiger partial charge in [0.15, 0.2) is 5.96 Å². The standard InChI is InChI=1S/C14H26N6/c1-3-20-8-4-5-13(20)10-17-14(15)16-7-6-12-9-18-19(2)11-12/h9,11,13H,3-8,10H2,1-2H3,(H3,15,16,17). The van der Waals surface area contributed by atoms with E-state index in [1.165, 1.54) is 24.9 Å². The van der Waals surface area contributed by atoms with E-state index in [1.807, 2.05) is 24.1 Å². The molecule has 20 heavy (non-hydrogen) atoms. The Kier molecular flexibility index (Phi) is 5.40.